The Morgan fingerprint density at radius 3 is 2.20 bits per heavy atom. The van der Waals surface area contributed by atoms with Gasteiger partial charge in [0.2, 0.25) is 0 Å². The van der Waals surface area contributed by atoms with Gasteiger partial charge in [0.25, 0.3) is 0 Å². The number of hydrogen-bond acceptors (Lipinski definition) is 4. The van der Waals surface area contributed by atoms with E-state index < -0.39 is 9.84 Å². The van der Waals surface area contributed by atoms with Gasteiger partial charge in [0, 0.05) is 24.4 Å². The first-order chi connectivity index (χ1) is 9.36. The van der Waals surface area contributed by atoms with Gasteiger partial charge in [-0.1, -0.05) is 12.1 Å². The molecule has 3 N–H and O–H groups in total. The van der Waals surface area contributed by atoms with E-state index >= 15 is 0 Å². The molecule has 5 heteroatoms. The Morgan fingerprint density at radius 1 is 1.15 bits per heavy atom. The van der Waals surface area contributed by atoms with Gasteiger partial charge in [-0.15, -0.1) is 0 Å². The number of sulfone groups is 1. The summed E-state index contributed by atoms with van der Waals surface area (Å²) in [6.07, 6.45) is 5.63. The van der Waals surface area contributed by atoms with Gasteiger partial charge in [-0.2, -0.15) is 0 Å². The lowest BCUT2D eigenvalue weighted by Crippen LogP contribution is -2.38. The van der Waals surface area contributed by atoms with Crippen LogP contribution >= 0.6 is 0 Å². The summed E-state index contributed by atoms with van der Waals surface area (Å²) in [5.74, 6) is 0. The van der Waals surface area contributed by atoms with Crippen LogP contribution in [-0.4, -0.2) is 26.8 Å². The smallest absolute Gasteiger partial charge is 0.175 e. The fourth-order valence-corrected chi connectivity index (χ4v) is 3.37. The van der Waals surface area contributed by atoms with E-state index in [1.165, 1.54) is 6.26 Å². The minimum Gasteiger partial charge on any atom is -0.328 e. The fourth-order valence-electron chi connectivity index (χ4n) is 2.74. The molecule has 112 valence electrons. The molecule has 1 aliphatic rings. The quantitative estimate of drug-likeness (QED) is 0.891. The van der Waals surface area contributed by atoms with Crippen LogP contribution in [0.15, 0.2) is 29.2 Å². The third-order valence-electron chi connectivity index (χ3n) is 4.07. The second-order valence-corrected chi connectivity index (χ2v) is 7.86. The van der Waals surface area contributed by atoms with Gasteiger partial charge in [-0.05, 0) is 50.3 Å². The van der Waals surface area contributed by atoms with Crippen molar-refractivity contribution in [2.45, 2.75) is 55.6 Å². The summed E-state index contributed by atoms with van der Waals surface area (Å²) in [5, 5.41) is 3.61. The van der Waals surface area contributed by atoms with E-state index in [4.69, 9.17) is 5.73 Å². The molecule has 0 spiro atoms. The van der Waals surface area contributed by atoms with Crippen molar-refractivity contribution >= 4 is 9.84 Å². The molecule has 1 unspecified atom stereocenters. The van der Waals surface area contributed by atoms with Crippen molar-refractivity contribution in [1.82, 2.24) is 5.32 Å². The lowest BCUT2D eigenvalue weighted by Gasteiger charge is -2.29. The largest absolute Gasteiger partial charge is 0.328 e. The molecule has 0 aliphatic heterocycles. The Hall–Kier alpha value is -0.910. The van der Waals surface area contributed by atoms with Crippen molar-refractivity contribution < 1.29 is 8.42 Å². The Kier molecular flexibility index (Phi) is 4.83. The maximum atomic E-state index is 11.4. The fraction of sp³-hybridized carbons (Fsp3) is 0.600. The van der Waals surface area contributed by atoms with Crippen LogP contribution in [0.1, 0.15) is 44.2 Å². The summed E-state index contributed by atoms with van der Waals surface area (Å²) in [5.41, 5.74) is 7.03. The van der Waals surface area contributed by atoms with E-state index in [1.54, 1.807) is 12.1 Å². The van der Waals surface area contributed by atoms with Gasteiger partial charge < -0.3 is 11.1 Å². The van der Waals surface area contributed by atoms with Gasteiger partial charge >= 0.3 is 0 Å². The number of nitrogens with two attached hydrogens (primary N) is 1. The van der Waals surface area contributed by atoms with Crippen molar-refractivity contribution in [3.8, 4) is 0 Å². The summed E-state index contributed by atoms with van der Waals surface area (Å²) in [4.78, 5) is 0.372. The maximum absolute atomic E-state index is 11.4. The van der Waals surface area contributed by atoms with Gasteiger partial charge in [-0.3, -0.25) is 0 Å². The molecule has 1 atom stereocenters. The molecule has 1 aromatic rings. The summed E-state index contributed by atoms with van der Waals surface area (Å²) >= 11 is 0. The zero-order valence-corrected chi connectivity index (χ0v) is 13.0. The highest BCUT2D eigenvalue weighted by Crippen LogP contribution is 2.22. The van der Waals surface area contributed by atoms with Crippen molar-refractivity contribution in [1.29, 1.82) is 0 Å². The average molecular weight is 296 g/mol. The number of hydrogen-bond donors (Lipinski definition) is 2. The summed E-state index contributed by atoms with van der Waals surface area (Å²) in [7, 11) is -3.11. The molecule has 0 saturated heterocycles. The minimum absolute atomic E-state index is 0.225. The van der Waals surface area contributed by atoms with Gasteiger partial charge in [0.15, 0.2) is 9.84 Å². The molecule has 0 aromatic heterocycles. The first kappa shape index (κ1) is 15.5. The molecule has 1 saturated carbocycles. The van der Waals surface area contributed by atoms with E-state index in [9.17, 15) is 8.42 Å². The van der Waals surface area contributed by atoms with Crippen molar-refractivity contribution in [2.24, 2.45) is 5.73 Å². The third-order valence-corrected chi connectivity index (χ3v) is 5.19. The molecular weight excluding hydrogens is 272 g/mol. The Bertz CT molecular complexity index is 531. The summed E-state index contributed by atoms with van der Waals surface area (Å²) in [6, 6.07) is 8.24. The Balaban J connectivity index is 1.97. The predicted octanol–water partition coefficient (Wildman–Crippen LogP) is 2.01. The molecule has 1 aromatic carbocycles. The number of rotatable bonds is 4. The predicted molar refractivity (Wildman–Crippen MR) is 81.3 cm³/mol. The molecule has 1 aliphatic carbocycles. The van der Waals surface area contributed by atoms with E-state index in [1.807, 2.05) is 12.1 Å². The second-order valence-electron chi connectivity index (χ2n) is 5.84. The van der Waals surface area contributed by atoms with E-state index in [2.05, 4.69) is 12.2 Å². The van der Waals surface area contributed by atoms with Crippen LogP contribution in [0.25, 0.3) is 0 Å². The summed E-state index contributed by atoms with van der Waals surface area (Å²) in [6.45, 7) is 2.12. The first-order valence-corrected chi connectivity index (χ1v) is 9.07. The highest BCUT2D eigenvalue weighted by Gasteiger charge is 2.20. The van der Waals surface area contributed by atoms with Crippen LogP contribution in [0.4, 0.5) is 0 Å². The molecule has 20 heavy (non-hydrogen) atoms. The van der Waals surface area contributed by atoms with Crippen LogP contribution < -0.4 is 11.1 Å². The minimum atomic E-state index is -3.11. The normalized spacial score (nSPS) is 25.4. The molecule has 4 nitrogen and oxygen atoms in total. The van der Waals surface area contributed by atoms with Crippen molar-refractivity contribution in [3.05, 3.63) is 29.8 Å². The highest BCUT2D eigenvalue weighted by atomic mass is 32.2. The Morgan fingerprint density at radius 2 is 1.70 bits per heavy atom. The number of benzene rings is 1. The van der Waals surface area contributed by atoms with E-state index in [0.717, 1.165) is 31.2 Å². The Labute approximate surface area is 121 Å². The lowest BCUT2D eigenvalue weighted by atomic mass is 9.91. The van der Waals surface area contributed by atoms with Crippen molar-refractivity contribution in [3.63, 3.8) is 0 Å². The summed E-state index contributed by atoms with van der Waals surface area (Å²) < 4.78 is 22.9. The van der Waals surface area contributed by atoms with Crippen LogP contribution in [-0.2, 0) is 9.84 Å². The van der Waals surface area contributed by atoms with E-state index in [-0.39, 0.29) is 6.04 Å². The average Bonchev–Trinajstić information content (AvgIpc) is 2.40. The van der Waals surface area contributed by atoms with Crippen LogP contribution in [0.3, 0.4) is 0 Å². The van der Waals surface area contributed by atoms with Gasteiger partial charge in [0.1, 0.15) is 0 Å². The number of nitrogens with one attached hydrogen (secondary N) is 1. The van der Waals surface area contributed by atoms with Crippen LogP contribution in [0.2, 0.25) is 0 Å². The van der Waals surface area contributed by atoms with Gasteiger partial charge in [-0.25, -0.2) is 8.42 Å². The first-order valence-electron chi connectivity index (χ1n) is 7.18. The van der Waals surface area contributed by atoms with Crippen LogP contribution in [0, 0.1) is 0 Å². The molecule has 0 amide bonds. The monoisotopic (exact) mass is 296 g/mol. The van der Waals surface area contributed by atoms with Gasteiger partial charge in [0.05, 0.1) is 4.90 Å². The van der Waals surface area contributed by atoms with Crippen LogP contribution in [0.5, 0.6) is 0 Å². The molecule has 0 radical (unpaired) electrons. The SMILES string of the molecule is CC(NC1CCC(N)CC1)c1ccc(S(C)(=O)=O)cc1. The third kappa shape index (κ3) is 4.04. The molecular formula is C15H24N2O2S. The maximum Gasteiger partial charge on any atom is 0.175 e. The zero-order chi connectivity index (χ0) is 14.8. The van der Waals surface area contributed by atoms with Crippen molar-refractivity contribution in [2.75, 3.05) is 6.26 Å². The molecule has 2 rings (SSSR count). The highest BCUT2D eigenvalue weighted by molar-refractivity contribution is 7.90. The van der Waals surface area contributed by atoms with E-state index in [0.29, 0.717) is 17.0 Å². The zero-order valence-electron chi connectivity index (χ0n) is 12.2. The topological polar surface area (TPSA) is 72.2 Å². The second kappa shape index (κ2) is 6.24. The molecule has 0 bridgehead atoms. The molecule has 0 heterocycles. The molecule has 1 fully saturated rings. The lowest BCUT2D eigenvalue weighted by molar-refractivity contribution is 0.322. The standard InChI is InChI=1S/C15H24N2O2S/c1-11(17-14-7-5-13(16)6-8-14)12-3-9-15(10-4-12)20(2,18)19/h3-4,9-11,13-14,17H,5-8,16H2,1-2H3.